The molecule has 11 heteroatoms. The van der Waals surface area contributed by atoms with Gasteiger partial charge in [-0.2, -0.15) is 0 Å². The van der Waals surface area contributed by atoms with Crippen molar-refractivity contribution in [1.82, 2.24) is 0 Å². The van der Waals surface area contributed by atoms with Crippen LogP contribution in [0.5, 0.6) is 0 Å². The van der Waals surface area contributed by atoms with E-state index in [0.29, 0.717) is 66.1 Å². The molecule has 0 saturated heterocycles. The molecule has 0 spiro atoms. The van der Waals surface area contributed by atoms with Crippen LogP contribution in [0.15, 0.2) is 0 Å². The number of ether oxygens (including phenoxy) is 7. The summed E-state index contributed by atoms with van der Waals surface area (Å²) in [4.78, 5) is 0. The van der Waals surface area contributed by atoms with E-state index in [1.807, 2.05) is 13.8 Å². The summed E-state index contributed by atoms with van der Waals surface area (Å²) in [6.45, 7) is 16.4. The van der Waals surface area contributed by atoms with Gasteiger partial charge < -0.3 is 53.6 Å². The van der Waals surface area contributed by atoms with Crippen LogP contribution in [0.25, 0.3) is 0 Å². The van der Waals surface area contributed by atoms with Gasteiger partial charge in [-0.15, -0.1) is 0 Å². The summed E-state index contributed by atoms with van der Waals surface area (Å²) in [6, 6.07) is 0. The fourth-order valence-electron chi connectivity index (χ4n) is 1.92. The lowest BCUT2D eigenvalue weighted by atomic mass is 10.3. The maximum absolute atomic E-state index is 8.36. The predicted molar refractivity (Wildman–Crippen MR) is 145 cm³/mol. The zero-order chi connectivity index (χ0) is 28.5. The Morgan fingerprint density at radius 1 is 0.324 bits per heavy atom. The van der Waals surface area contributed by atoms with Crippen LogP contribution in [0.3, 0.4) is 0 Å². The van der Waals surface area contributed by atoms with Gasteiger partial charge in [0.15, 0.2) is 0 Å². The molecule has 0 rings (SSSR count). The molecule has 0 aliphatic heterocycles. The van der Waals surface area contributed by atoms with Crippen molar-refractivity contribution in [3.8, 4) is 0 Å². The van der Waals surface area contributed by atoms with E-state index in [0.717, 1.165) is 26.4 Å². The lowest BCUT2D eigenvalue weighted by Gasteiger charge is -2.04. The van der Waals surface area contributed by atoms with Gasteiger partial charge in [0.2, 0.25) is 0 Å². The molecular formula is C26H60O11. The van der Waals surface area contributed by atoms with Gasteiger partial charge >= 0.3 is 0 Å². The Kier molecular flexibility index (Phi) is 61.4. The van der Waals surface area contributed by atoms with Crippen molar-refractivity contribution < 1.29 is 53.6 Å². The third-order valence-corrected chi connectivity index (χ3v) is 3.75. The molecular weight excluding hydrogens is 488 g/mol. The topological polar surface area (TPSA) is 146 Å². The Labute approximate surface area is 226 Å². The summed E-state index contributed by atoms with van der Waals surface area (Å²) >= 11 is 0. The van der Waals surface area contributed by atoms with Crippen molar-refractivity contribution in [2.45, 2.75) is 53.4 Å². The quantitative estimate of drug-likeness (QED) is 0.124. The van der Waals surface area contributed by atoms with Crippen LogP contribution in [0, 0.1) is 0 Å². The summed E-state index contributed by atoms with van der Waals surface area (Å²) in [5.41, 5.74) is 0. The molecule has 0 radical (unpaired) electrons. The second kappa shape index (κ2) is 52.1. The average molecular weight is 549 g/mol. The van der Waals surface area contributed by atoms with Gasteiger partial charge in [0.1, 0.15) is 0 Å². The average Bonchev–Trinajstić information content (AvgIpc) is 2.91. The zero-order valence-corrected chi connectivity index (χ0v) is 24.2. The Bertz CT molecular complexity index is 288. The molecule has 0 heterocycles. The van der Waals surface area contributed by atoms with Crippen LogP contribution in [-0.4, -0.2) is 139 Å². The van der Waals surface area contributed by atoms with Gasteiger partial charge in [0, 0.05) is 26.4 Å². The van der Waals surface area contributed by atoms with Crippen molar-refractivity contribution >= 4 is 0 Å². The first kappa shape index (κ1) is 43.6. The highest BCUT2D eigenvalue weighted by Crippen LogP contribution is 1.91. The molecule has 0 atom stereocenters. The van der Waals surface area contributed by atoms with E-state index in [4.69, 9.17) is 53.6 Å². The molecule has 4 N–H and O–H groups in total. The van der Waals surface area contributed by atoms with Crippen molar-refractivity contribution in [3.63, 3.8) is 0 Å². The second-order valence-corrected chi connectivity index (χ2v) is 7.06. The normalized spacial score (nSPS) is 10.1. The molecule has 0 fully saturated rings. The predicted octanol–water partition coefficient (Wildman–Crippen LogP) is 1.67. The number of rotatable bonds is 25. The fourth-order valence-corrected chi connectivity index (χ4v) is 1.92. The summed E-state index contributed by atoms with van der Waals surface area (Å²) in [6.07, 6.45) is 4.91. The molecule has 0 saturated carbocycles. The minimum absolute atomic E-state index is 0.0413. The molecule has 11 nitrogen and oxygen atoms in total. The Morgan fingerprint density at radius 2 is 0.568 bits per heavy atom. The number of hydrogen-bond acceptors (Lipinski definition) is 11. The largest absolute Gasteiger partial charge is 0.394 e. The van der Waals surface area contributed by atoms with Gasteiger partial charge in [0.25, 0.3) is 0 Å². The number of unbranched alkanes of at least 4 members (excludes halogenated alkanes) is 2. The molecule has 0 bridgehead atoms. The maximum Gasteiger partial charge on any atom is 0.0701 e. The van der Waals surface area contributed by atoms with Crippen molar-refractivity contribution in [2.24, 2.45) is 0 Å². The Balaban J connectivity index is -0.000000205. The summed E-state index contributed by atoms with van der Waals surface area (Å²) in [5, 5.41) is 33.2. The minimum Gasteiger partial charge on any atom is -0.394 e. The Morgan fingerprint density at radius 3 is 0.757 bits per heavy atom. The highest BCUT2D eigenvalue weighted by Gasteiger charge is 1.90. The van der Waals surface area contributed by atoms with E-state index in [9.17, 15) is 0 Å². The summed E-state index contributed by atoms with van der Waals surface area (Å²) in [7, 11) is 0. The van der Waals surface area contributed by atoms with Crippen LogP contribution < -0.4 is 0 Å². The number of aliphatic hydroxyl groups excluding tert-OH is 4. The van der Waals surface area contributed by atoms with Gasteiger partial charge in [-0.25, -0.2) is 0 Å². The monoisotopic (exact) mass is 548 g/mol. The molecule has 37 heavy (non-hydrogen) atoms. The third-order valence-electron chi connectivity index (χ3n) is 3.75. The third kappa shape index (κ3) is 66.4. The molecule has 0 aromatic carbocycles. The standard InChI is InChI=1S/C8H18O5.C8H18O.C6H14O4.C4H10O/c9-1-3-11-5-7-13-8-6-12-4-2-10;1-3-5-7-9-8-6-4-2;7-1-3-9-5-6-10-4-2-8;1-3-5-4-2/h9-10H,1-8H2;3-8H2,1-2H3;7-8H,1-6H2;3-4H2,1-2H3. The first-order valence-corrected chi connectivity index (χ1v) is 13.6. The van der Waals surface area contributed by atoms with Gasteiger partial charge in [-0.1, -0.05) is 26.7 Å². The van der Waals surface area contributed by atoms with Crippen LogP contribution >= 0.6 is 0 Å². The van der Waals surface area contributed by atoms with Gasteiger partial charge in [-0.05, 0) is 26.7 Å². The van der Waals surface area contributed by atoms with Crippen molar-refractivity contribution in [1.29, 1.82) is 0 Å². The molecule has 0 unspecified atom stereocenters. The summed E-state index contributed by atoms with van der Waals surface area (Å²) < 4.78 is 34.9. The van der Waals surface area contributed by atoms with E-state index in [1.165, 1.54) is 25.7 Å². The number of aliphatic hydroxyl groups is 4. The SMILES string of the molecule is CCCCOCCCC.CCOCC.OCCOCCOCCO.OCCOCCOCCOCCO. The Hall–Kier alpha value is -0.440. The number of hydrogen-bond donors (Lipinski definition) is 4. The highest BCUT2D eigenvalue weighted by atomic mass is 16.5. The lowest BCUT2D eigenvalue weighted by molar-refractivity contribution is 0.00230. The van der Waals surface area contributed by atoms with Crippen molar-refractivity contribution in [3.05, 3.63) is 0 Å². The molecule has 0 aromatic heterocycles. The molecule has 0 aliphatic carbocycles. The van der Waals surface area contributed by atoms with Crippen LogP contribution in [0.4, 0.5) is 0 Å². The maximum atomic E-state index is 8.36. The van der Waals surface area contributed by atoms with E-state index in [1.54, 1.807) is 0 Å². The molecule has 0 aromatic rings. The van der Waals surface area contributed by atoms with Crippen LogP contribution in [0.1, 0.15) is 53.4 Å². The van der Waals surface area contributed by atoms with Crippen LogP contribution in [-0.2, 0) is 33.2 Å². The van der Waals surface area contributed by atoms with Crippen molar-refractivity contribution in [2.75, 3.05) is 119 Å². The van der Waals surface area contributed by atoms with E-state index >= 15 is 0 Å². The first-order valence-electron chi connectivity index (χ1n) is 13.6. The second-order valence-electron chi connectivity index (χ2n) is 7.06. The fraction of sp³-hybridized carbons (Fsp3) is 1.00. The molecule has 0 aliphatic rings. The van der Waals surface area contributed by atoms with Gasteiger partial charge in [-0.3, -0.25) is 0 Å². The minimum atomic E-state index is 0.0413. The molecule has 0 amide bonds. The van der Waals surface area contributed by atoms with E-state index in [2.05, 4.69) is 13.8 Å². The first-order chi connectivity index (χ1) is 18.2. The smallest absolute Gasteiger partial charge is 0.0701 e. The van der Waals surface area contributed by atoms with E-state index in [-0.39, 0.29) is 26.4 Å². The summed E-state index contributed by atoms with van der Waals surface area (Å²) in [5.74, 6) is 0. The van der Waals surface area contributed by atoms with Gasteiger partial charge in [0.05, 0.1) is 92.5 Å². The zero-order valence-electron chi connectivity index (χ0n) is 24.2. The van der Waals surface area contributed by atoms with E-state index < -0.39 is 0 Å². The lowest BCUT2D eigenvalue weighted by Crippen LogP contribution is -2.11. The highest BCUT2D eigenvalue weighted by molar-refractivity contribution is 4.34. The molecule has 230 valence electrons. The van der Waals surface area contributed by atoms with Crippen LogP contribution in [0.2, 0.25) is 0 Å².